The molecule has 0 spiro atoms. The number of carbonyl (C=O) groups is 1. The molecule has 3 heterocycles. The lowest BCUT2D eigenvalue weighted by molar-refractivity contribution is 0.0547. The first kappa shape index (κ1) is 14.3. The maximum Gasteiger partial charge on any atom is 0.314 e. The smallest absolute Gasteiger partial charge is 0.314 e. The van der Waals surface area contributed by atoms with Crippen LogP contribution in [-0.2, 0) is 7.05 Å². The van der Waals surface area contributed by atoms with Gasteiger partial charge in [-0.3, -0.25) is 4.79 Å². The van der Waals surface area contributed by atoms with Gasteiger partial charge in [0.2, 0.25) is 5.82 Å². The Morgan fingerprint density at radius 3 is 2.81 bits per heavy atom. The van der Waals surface area contributed by atoms with E-state index in [0.717, 1.165) is 25.7 Å². The molecular formula is C14H22N4O3. The molecule has 3 atom stereocenters. The molecule has 7 heteroatoms. The van der Waals surface area contributed by atoms with Gasteiger partial charge in [0.15, 0.2) is 0 Å². The Morgan fingerprint density at radius 1 is 1.52 bits per heavy atom. The number of aromatic nitrogens is 3. The van der Waals surface area contributed by atoms with E-state index in [1.54, 1.807) is 7.05 Å². The highest BCUT2D eigenvalue weighted by Gasteiger charge is 2.56. The molecule has 0 aromatic carbocycles. The van der Waals surface area contributed by atoms with Crippen molar-refractivity contribution in [3.05, 3.63) is 5.82 Å². The molecule has 21 heavy (non-hydrogen) atoms. The van der Waals surface area contributed by atoms with Gasteiger partial charge in [-0.2, -0.15) is 4.98 Å². The van der Waals surface area contributed by atoms with E-state index in [1.807, 2.05) is 4.90 Å². The second-order valence-corrected chi connectivity index (χ2v) is 6.08. The minimum atomic E-state index is -0.155. The molecule has 0 saturated carbocycles. The van der Waals surface area contributed by atoms with Crippen LogP contribution < -0.4 is 4.74 Å². The number of ether oxygens (including phenoxy) is 1. The Hall–Kier alpha value is -1.63. The largest absolute Gasteiger partial charge is 0.467 e. The van der Waals surface area contributed by atoms with Crippen LogP contribution in [0.25, 0.3) is 0 Å². The number of carbonyl (C=O) groups excluding carboxylic acids is 1. The lowest BCUT2D eigenvalue weighted by atomic mass is 9.72. The first-order valence-electron chi connectivity index (χ1n) is 7.45. The van der Waals surface area contributed by atoms with Crippen molar-refractivity contribution in [3.63, 3.8) is 0 Å². The van der Waals surface area contributed by atoms with Gasteiger partial charge in [0.05, 0.1) is 13.7 Å². The maximum absolute atomic E-state index is 12.8. The lowest BCUT2D eigenvalue weighted by Gasteiger charge is -2.34. The molecule has 0 aliphatic carbocycles. The quantitative estimate of drug-likeness (QED) is 0.879. The first-order valence-corrected chi connectivity index (χ1v) is 7.45. The third-order valence-electron chi connectivity index (χ3n) is 5.20. The zero-order valence-electron chi connectivity index (χ0n) is 12.7. The van der Waals surface area contributed by atoms with E-state index in [1.165, 1.54) is 11.8 Å². The van der Waals surface area contributed by atoms with Gasteiger partial charge >= 0.3 is 6.01 Å². The van der Waals surface area contributed by atoms with Gasteiger partial charge in [-0.25, -0.2) is 4.68 Å². The summed E-state index contributed by atoms with van der Waals surface area (Å²) in [5.74, 6) is 0.0290. The summed E-state index contributed by atoms with van der Waals surface area (Å²) in [6.45, 7) is 2.22. The van der Waals surface area contributed by atoms with Crippen LogP contribution >= 0.6 is 0 Å². The Labute approximate surface area is 123 Å². The van der Waals surface area contributed by atoms with Crippen molar-refractivity contribution in [1.29, 1.82) is 0 Å². The number of hydrogen-bond acceptors (Lipinski definition) is 5. The molecular weight excluding hydrogens is 272 g/mol. The van der Waals surface area contributed by atoms with E-state index in [2.05, 4.69) is 17.0 Å². The number of methoxy groups -OCH3 is 1. The number of rotatable bonds is 4. The van der Waals surface area contributed by atoms with E-state index in [0.29, 0.717) is 6.01 Å². The highest BCUT2D eigenvalue weighted by Crippen LogP contribution is 2.51. The van der Waals surface area contributed by atoms with Crippen LogP contribution in [0.15, 0.2) is 0 Å². The summed E-state index contributed by atoms with van der Waals surface area (Å²) < 4.78 is 6.53. The van der Waals surface area contributed by atoms with Crippen LogP contribution in [0.5, 0.6) is 6.01 Å². The number of hydrogen-bond donors (Lipinski definition) is 1. The minimum absolute atomic E-state index is 0.0970. The van der Waals surface area contributed by atoms with E-state index < -0.39 is 0 Å². The predicted molar refractivity (Wildman–Crippen MR) is 75.0 cm³/mol. The van der Waals surface area contributed by atoms with Crippen molar-refractivity contribution in [2.24, 2.45) is 12.5 Å². The normalized spacial score (nSPS) is 31.0. The number of nitrogens with zero attached hydrogens (tertiary/aromatic N) is 4. The summed E-state index contributed by atoms with van der Waals surface area (Å²) in [5.41, 5.74) is -0.155. The Balaban J connectivity index is 1.89. The molecule has 0 radical (unpaired) electrons. The summed E-state index contributed by atoms with van der Waals surface area (Å²) >= 11 is 0. The van der Waals surface area contributed by atoms with Crippen molar-refractivity contribution in [2.75, 3.05) is 13.7 Å². The number of fused-ring (bicyclic) bond motifs is 2. The van der Waals surface area contributed by atoms with Gasteiger partial charge in [0, 0.05) is 24.5 Å². The third kappa shape index (κ3) is 1.94. The number of amides is 1. The Morgan fingerprint density at radius 2 is 2.29 bits per heavy atom. The highest BCUT2D eigenvalue weighted by atomic mass is 16.5. The monoisotopic (exact) mass is 294 g/mol. The number of aliphatic hydroxyl groups excluding tert-OH is 1. The standard InChI is InChI=1S/C14H22N4O3/c1-4-14(8-19)7-9-5-6-10(14)18(9)12(20)11-15-13(21-3)17(2)16-11/h9-10,19H,4-8H2,1-3H3/t9-,10+,14-/m1/s1. The molecule has 7 nitrogen and oxygen atoms in total. The fraction of sp³-hybridized carbons (Fsp3) is 0.786. The van der Waals surface area contributed by atoms with Gasteiger partial charge in [-0.15, -0.1) is 5.10 Å². The van der Waals surface area contributed by atoms with Crippen LogP contribution in [0.4, 0.5) is 0 Å². The van der Waals surface area contributed by atoms with E-state index in [4.69, 9.17) is 4.74 Å². The highest BCUT2D eigenvalue weighted by molar-refractivity contribution is 5.91. The molecule has 2 aliphatic heterocycles. The Bertz CT molecular complexity index is 552. The predicted octanol–water partition coefficient (Wildman–Crippen LogP) is 0.589. The van der Waals surface area contributed by atoms with Crippen LogP contribution in [0, 0.1) is 5.41 Å². The van der Waals surface area contributed by atoms with Crippen LogP contribution in [0.3, 0.4) is 0 Å². The average Bonchev–Trinajstić information content (AvgIpc) is 3.17. The molecule has 1 aromatic heterocycles. The van der Waals surface area contributed by atoms with Gasteiger partial charge in [0.1, 0.15) is 0 Å². The number of aryl methyl sites for hydroxylation is 1. The summed E-state index contributed by atoms with van der Waals surface area (Å²) in [4.78, 5) is 18.8. The summed E-state index contributed by atoms with van der Waals surface area (Å²) in [7, 11) is 3.21. The Kier molecular flexibility index (Phi) is 3.39. The summed E-state index contributed by atoms with van der Waals surface area (Å²) in [5, 5.41) is 14.0. The molecule has 1 amide bonds. The first-order chi connectivity index (χ1) is 10.1. The lowest BCUT2D eigenvalue weighted by Crippen LogP contribution is -2.42. The second-order valence-electron chi connectivity index (χ2n) is 6.08. The molecule has 1 aromatic rings. The molecule has 3 rings (SSSR count). The molecule has 2 bridgehead atoms. The SMILES string of the molecule is CC[C@]1(CO)C[C@H]2CC[C@@H]1N2C(=O)c1nc(OC)n(C)n1. The van der Waals surface area contributed by atoms with Crippen molar-refractivity contribution in [2.45, 2.75) is 44.7 Å². The van der Waals surface area contributed by atoms with Gasteiger partial charge < -0.3 is 14.7 Å². The molecule has 1 N–H and O–H groups in total. The maximum atomic E-state index is 12.8. The molecule has 0 unspecified atom stereocenters. The third-order valence-corrected chi connectivity index (χ3v) is 5.20. The van der Waals surface area contributed by atoms with Crippen LogP contribution in [-0.4, -0.2) is 56.5 Å². The van der Waals surface area contributed by atoms with Gasteiger partial charge in [-0.05, 0) is 25.7 Å². The zero-order chi connectivity index (χ0) is 15.2. The minimum Gasteiger partial charge on any atom is -0.467 e. The summed E-state index contributed by atoms with van der Waals surface area (Å²) in [6, 6.07) is 0.623. The zero-order valence-corrected chi connectivity index (χ0v) is 12.7. The van der Waals surface area contributed by atoms with E-state index in [9.17, 15) is 9.90 Å². The molecule has 116 valence electrons. The molecule has 2 fully saturated rings. The van der Waals surface area contributed by atoms with E-state index >= 15 is 0 Å². The van der Waals surface area contributed by atoms with Crippen LogP contribution in [0.1, 0.15) is 43.2 Å². The topological polar surface area (TPSA) is 80.5 Å². The van der Waals surface area contributed by atoms with E-state index in [-0.39, 0.29) is 35.8 Å². The van der Waals surface area contributed by atoms with Crippen molar-refractivity contribution in [3.8, 4) is 6.01 Å². The molecule has 2 aliphatic rings. The van der Waals surface area contributed by atoms with Crippen molar-refractivity contribution >= 4 is 5.91 Å². The van der Waals surface area contributed by atoms with Gasteiger partial charge in [0.25, 0.3) is 5.91 Å². The van der Waals surface area contributed by atoms with Gasteiger partial charge in [-0.1, -0.05) is 6.92 Å². The molecule has 2 saturated heterocycles. The second kappa shape index (κ2) is 4.98. The van der Waals surface area contributed by atoms with Crippen LogP contribution in [0.2, 0.25) is 0 Å². The average molecular weight is 294 g/mol. The fourth-order valence-electron chi connectivity index (χ4n) is 4.01. The number of aliphatic hydroxyl groups is 1. The van der Waals surface area contributed by atoms with Crippen molar-refractivity contribution in [1.82, 2.24) is 19.7 Å². The van der Waals surface area contributed by atoms with Crippen molar-refractivity contribution < 1.29 is 14.6 Å². The fourth-order valence-corrected chi connectivity index (χ4v) is 4.01. The summed E-state index contributed by atoms with van der Waals surface area (Å²) in [6.07, 6.45) is 3.71.